The highest BCUT2D eigenvalue weighted by molar-refractivity contribution is 5.64. The summed E-state index contributed by atoms with van der Waals surface area (Å²) in [6, 6.07) is 10.2. The van der Waals surface area contributed by atoms with Gasteiger partial charge in [-0.2, -0.15) is 0 Å². The molecule has 0 N–H and O–H groups in total. The van der Waals surface area contributed by atoms with Crippen molar-refractivity contribution in [2.24, 2.45) is 10.4 Å². The van der Waals surface area contributed by atoms with Crippen LogP contribution in [0.25, 0.3) is 0 Å². The maximum Gasteiger partial charge on any atom is 0.0793 e. The van der Waals surface area contributed by atoms with Crippen molar-refractivity contribution >= 4 is 6.19 Å². The highest BCUT2D eigenvalue weighted by Gasteiger charge is 2.07. The molecular weight excluding hydrogens is 170 g/mol. The van der Waals surface area contributed by atoms with E-state index in [1.807, 2.05) is 58.0 Å². The molecule has 76 valence electrons. The zero-order valence-corrected chi connectivity index (χ0v) is 9.41. The lowest BCUT2D eigenvalue weighted by Gasteiger charge is -2.13. The van der Waals surface area contributed by atoms with Crippen molar-refractivity contribution in [3.63, 3.8) is 0 Å². The molecule has 0 saturated carbocycles. The Bertz CT molecular complexity index is 335. The number of benzene rings is 1. The minimum absolute atomic E-state index is 0.0675. The van der Waals surface area contributed by atoms with Gasteiger partial charge in [0.15, 0.2) is 0 Å². The van der Waals surface area contributed by atoms with Gasteiger partial charge in [-0.1, -0.05) is 51.1 Å². The lowest BCUT2D eigenvalue weighted by Crippen LogP contribution is -2.07. The summed E-state index contributed by atoms with van der Waals surface area (Å²) in [6.45, 7) is 8.05. The molecule has 1 atom stereocenters. The zero-order valence-electron chi connectivity index (χ0n) is 10.4. The predicted molar refractivity (Wildman–Crippen MR) is 62.8 cm³/mol. The van der Waals surface area contributed by atoms with Crippen molar-refractivity contribution in [1.82, 2.24) is 0 Å². The Labute approximate surface area is 88.3 Å². The molecule has 0 bridgehead atoms. The monoisotopic (exact) mass is 190 g/mol. The van der Waals surface area contributed by atoms with Crippen LogP contribution in [-0.4, -0.2) is 6.19 Å². The molecule has 14 heavy (non-hydrogen) atoms. The molecular formula is C13H19N. The molecule has 0 aliphatic carbocycles. The van der Waals surface area contributed by atoms with Crippen LogP contribution < -0.4 is 0 Å². The van der Waals surface area contributed by atoms with Crippen LogP contribution in [0, 0.1) is 5.41 Å². The van der Waals surface area contributed by atoms with Crippen LogP contribution in [0.2, 0.25) is 0 Å². The fraction of sp³-hybridized carbons (Fsp3) is 0.462. The van der Waals surface area contributed by atoms with Crippen LogP contribution in [-0.2, 0) is 0 Å². The third kappa shape index (κ3) is 3.73. The molecule has 0 aromatic heterocycles. The lowest BCUT2D eigenvalue weighted by atomic mass is 9.99. The van der Waals surface area contributed by atoms with Crippen molar-refractivity contribution in [2.45, 2.75) is 33.7 Å². The van der Waals surface area contributed by atoms with Crippen LogP contribution >= 0.6 is 0 Å². The van der Waals surface area contributed by atoms with E-state index >= 15 is 0 Å². The molecule has 1 aromatic carbocycles. The molecule has 0 heterocycles. The summed E-state index contributed by atoms with van der Waals surface area (Å²) in [5.74, 6) is 0. The van der Waals surface area contributed by atoms with Gasteiger partial charge >= 0.3 is 0 Å². The van der Waals surface area contributed by atoms with Gasteiger partial charge in [0, 0.05) is 6.19 Å². The number of rotatable bonds is 2. The Kier molecular flexibility index (Phi) is 2.97. The average Bonchev–Trinajstić information content (AvgIpc) is 2.17. The second-order valence-corrected chi connectivity index (χ2v) is 4.58. The van der Waals surface area contributed by atoms with Crippen LogP contribution in [0.1, 0.15) is 40.7 Å². The van der Waals surface area contributed by atoms with E-state index in [0.29, 0.717) is 6.19 Å². The Balaban J connectivity index is 2.84. The molecule has 0 aliphatic heterocycles. The second kappa shape index (κ2) is 4.41. The van der Waals surface area contributed by atoms with Gasteiger partial charge in [0.2, 0.25) is 0 Å². The minimum atomic E-state index is -0.164. The summed E-state index contributed by atoms with van der Waals surface area (Å²) in [5.41, 5.74) is 0.995. The predicted octanol–water partition coefficient (Wildman–Crippen LogP) is 3.86. The first-order valence-electron chi connectivity index (χ1n) is 5.51. The normalized spacial score (nSPS) is 16.3. The molecule has 0 fully saturated rings. The number of hydrogen-bond acceptors (Lipinski definition) is 1. The van der Waals surface area contributed by atoms with Crippen molar-refractivity contribution in [1.29, 1.82) is 0 Å². The quantitative estimate of drug-likeness (QED) is 0.628. The van der Waals surface area contributed by atoms with E-state index in [4.69, 9.17) is 1.37 Å². The number of hydrogen-bond donors (Lipinski definition) is 0. The molecule has 0 saturated heterocycles. The number of nitrogens with zero attached hydrogens (tertiary/aromatic N) is 1. The molecule has 1 heteroatoms. The highest BCUT2D eigenvalue weighted by Crippen LogP contribution is 2.17. The highest BCUT2D eigenvalue weighted by atomic mass is 14.8. The third-order valence-electron chi connectivity index (χ3n) is 1.88. The van der Waals surface area contributed by atoms with Gasteiger partial charge in [-0.25, -0.2) is 0 Å². The van der Waals surface area contributed by atoms with E-state index in [-0.39, 0.29) is 11.5 Å². The summed E-state index contributed by atoms with van der Waals surface area (Å²) < 4.78 is 7.85. The largest absolute Gasteiger partial charge is 0.289 e. The first-order valence-corrected chi connectivity index (χ1v) is 5.01. The Morgan fingerprint density at radius 1 is 1.29 bits per heavy atom. The van der Waals surface area contributed by atoms with Gasteiger partial charge in [-0.05, 0) is 17.9 Å². The molecule has 0 aliphatic rings. The average molecular weight is 190 g/mol. The van der Waals surface area contributed by atoms with E-state index in [1.165, 1.54) is 0 Å². The van der Waals surface area contributed by atoms with Crippen LogP contribution in [0.3, 0.4) is 0 Å². The third-order valence-corrected chi connectivity index (χ3v) is 1.88. The van der Waals surface area contributed by atoms with Gasteiger partial charge in [0.05, 0.1) is 7.41 Å². The van der Waals surface area contributed by atoms with Gasteiger partial charge in [-0.3, -0.25) is 4.99 Å². The summed E-state index contributed by atoms with van der Waals surface area (Å²) in [5, 5.41) is 0. The molecule has 1 nitrogen and oxygen atoms in total. The molecule has 0 spiro atoms. The van der Waals surface area contributed by atoms with Gasteiger partial charge in [-0.15, -0.1) is 0 Å². The van der Waals surface area contributed by atoms with Crippen molar-refractivity contribution in [3.05, 3.63) is 35.9 Å². The van der Waals surface area contributed by atoms with Gasteiger partial charge in [0.25, 0.3) is 0 Å². The molecule has 0 radical (unpaired) electrons. The molecule has 1 rings (SSSR count). The van der Waals surface area contributed by atoms with E-state index in [9.17, 15) is 0 Å². The SMILES string of the molecule is [2H]C(=N[C@@H](C)c1ccccc1)C(C)(C)C. The van der Waals surface area contributed by atoms with E-state index < -0.39 is 0 Å². The zero-order chi connectivity index (χ0) is 11.5. The van der Waals surface area contributed by atoms with E-state index in [0.717, 1.165) is 5.56 Å². The lowest BCUT2D eigenvalue weighted by molar-refractivity contribution is 0.599. The van der Waals surface area contributed by atoms with Gasteiger partial charge < -0.3 is 0 Å². The van der Waals surface area contributed by atoms with E-state index in [2.05, 4.69) is 4.99 Å². The maximum atomic E-state index is 7.85. The minimum Gasteiger partial charge on any atom is -0.289 e. The Morgan fingerprint density at radius 2 is 1.86 bits per heavy atom. The Hall–Kier alpha value is -1.11. The first kappa shape index (κ1) is 9.45. The molecule has 0 unspecified atom stereocenters. The smallest absolute Gasteiger partial charge is 0.0793 e. The summed E-state index contributed by atoms with van der Waals surface area (Å²) >= 11 is 0. The second-order valence-electron chi connectivity index (χ2n) is 4.58. The number of aliphatic imine (C=N–C) groups is 1. The fourth-order valence-electron chi connectivity index (χ4n) is 1.10. The molecule has 0 amide bonds. The van der Waals surface area contributed by atoms with Crippen molar-refractivity contribution < 1.29 is 1.37 Å². The molecule has 1 aromatic rings. The summed E-state index contributed by atoms with van der Waals surface area (Å²) in [7, 11) is 0. The van der Waals surface area contributed by atoms with Crippen LogP contribution in [0.15, 0.2) is 35.3 Å². The van der Waals surface area contributed by atoms with Gasteiger partial charge in [0.1, 0.15) is 0 Å². The topological polar surface area (TPSA) is 12.4 Å². The summed E-state index contributed by atoms with van der Waals surface area (Å²) in [4.78, 5) is 4.40. The van der Waals surface area contributed by atoms with Crippen molar-refractivity contribution in [3.8, 4) is 0 Å². The first-order chi connectivity index (χ1) is 6.91. The fourth-order valence-corrected chi connectivity index (χ4v) is 1.10. The standard InChI is InChI=1S/C13H19N/c1-11(14-10-13(2,3)4)12-8-6-5-7-9-12/h5-11H,1-4H3/t11-/m0/s1/i10D. The van der Waals surface area contributed by atoms with Crippen LogP contribution in [0.5, 0.6) is 0 Å². The summed E-state index contributed by atoms with van der Waals surface area (Å²) in [6.07, 6.45) is 0.457. The maximum absolute atomic E-state index is 7.85. The van der Waals surface area contributed by atoms with Crippen LogP contribution in [0.4, 0.5) is 0 Å². The van der Waals surface area contributed by atoms with Crippen molar-refractivity contribution in [2.75, 3.05) is 0 Å². The van der Waals surface area contributed by atoms with E-state index in [1.54, 1.807) is 0 Å². The Morgan fingerprint density at radius 3 is 2.36 bits per heavy atom.